The van der Waals surface area contributed by atoms with E-state index < -0.39 is 0 Å². The van der Waals surface area contributed by atoms with E-state index in [-0.39, 0.29) is 17.6 Å². The summed E-state index contributed by atoms with van der Waals surface area (Å²) >= 11 is 0. The highest BCUT2D eigenvalue weighted by Crippen LogP contribution is 2.29. The van der Waals surface area contributed by atoms with Gasteiger partial charge in [0.1, 0.15) is 6.10 Å². The molecule has 1 spiro atoms. The van der Waals surface area contributed by atoms with Crippen LogP contribution in [0.4, 0.5) is 0 Å². The highest BCUT2D eigenvalue weighted by atomic mass is 16.5. The number of piperidine rings is 1. The molecule has 4 nitrogen and oxygen atoms in total. The molecule has 3 rings (SSSR count). The number of hydrogen-bond donors (Lipinski definition) is 1. The van der Waals surface area contributed by atoms with Gasteiger partial charge in [0.2, 0.25) is 5.91 Å². The Balaban J connectivity index is 1.48. The van der Waals surface area contributed by atoms with E-state index >= 15 is 0 Å². The molecule has 1 amide bonds. The Bertz CT molecular complexity index is 481. The molecule has 114 valence electrons. The fourth-order valence-electron chi connectivity index (χ4n) is 3.27. The number of nitrogens with zero attached hydrogens (tertiary/aromatic N) is 1. The standard InChI is InChI=1S/C17H24N2O2/c1-14-16(20)18-13-17(21-14)8-11-19(12-9-17)10-7-15-5-3-2-4-6-15/h2-6,14H,7-13H2,1H3,(H,18,20). The molecule has 0 aromatic heterocycles. The van der Waals surface area contributed by atoms with Gasteiger partial charge in [-0.1, -0.05) is 30.3 Å². The molecule has 1 aromatic rings. The van der Waals surface area contributed by atoms with E-state index in [1.165, 1.54) is 5.56 Å². The van der Waals surface area contributed by atoms with Crippen molar-refractivity contribution in [1.82, 2.24) is 10.2 Å². The molecular weight excluding hydrogens is 264 g/mol. The van der Waals surface area contributed by atoms with Gasteiger partial charge < -0.3 is 15.0 Å². The quantitative estimate of drug-likeness (QED) is 0.918. The number of morpholine rings is 1. The minimum Gasteiger partial charge on any atom is -0.360 e. The third-order valence-electron chi connectivity index (χ3n) is 4.71. The summed E-state index contributed by atoms with van der Waals surface area (Å²) in [5.41, 5.74) is 1.27. The molecule has 2 fully saturated rings. The minimum absolute atomic E-state index is 0.0205. The fourth-order valence-corrected chi connectivity index (χ4v) is 3.27. The monoisotopic (exact) mass is 288 g/mol. The van der Waals surface area contributed by atoms with Crippen LogP contribution in [0.25, 0.3) is 0 Å². The minimum atomic E-state index is -0.311. The Labute approximate surface area is 126 Å². The van der Waals surface area contributed by atoms with Crippen molar-refractivity contribution in [3.05, 3.63) is 35.9 Å². The van der Waals surface area contributed by atoms with Crippen LogP contribution >= 0.6 is 0 Å². The van der Waals surface area contributed by atoms with Crippen molar-refractivity contribution in [1.29, 1.82) is 0 Å². The fraction of sp³-hybridized carbons (Fsp3) is 0.588. The lowest BCUT2D eigenvalue weighted by Crippen LogP contribution is -2.60. The SMILES string of the molecule is CC1OC2(CCN(CCc3ccccc3)CC2)CNC1=O. The molecule has 1 unspecified atom stereocenters. The molecular formula is C17H24N2O2. The van der Waals surface area contributed by atoms with Crippen LogP contribution in [-0.2, 0) is 16.0 Å². The molecule has 2 heterocycles. The Morgan fingerprint density at radius 2 is 2.00 bits per heavy atom. The summed E-state index contributed by atoms with van der Waals surface area (Å²) in [6.07, 6.45) is 2.80. The lowest BCUT2D eigenvalue weighted by atomic mass is 9.89. The molecule has 21 heavy (non-hydrogen) atoms. The van der Waals surface area contributed by atoms with Crippen LogP contribution in [0.5, 0.6) is 0 Å². The summed E-state index contributed by atoms with van der Waals surface area (Å²) in [6.45, 7) is 5.72. The summed E-state index contributed by atoms with van der Waals surface area (Å²) in [5.74, 6) is 0.0205. The van der Waals surface area contributed by atoms with Crippen molar-refractivity contribution in [2.24, 2.45) is 0 Å². The van der Waals surface area contributed by atoms with Gasteiger partial charge in [0, 0.05) is 26.2 Å². The van der Waals surface area contributed by atoms with E-state index in [0.29, 0.717) is 6.54 Å². The molecule has 0 radical (unpaired) electrons. The molecule has 4 heteroatoms. The number of carbonyl (C=O) groups excluding carboxylic acids is 1. The van der Waals surface area contributed by atoms with Gasteiger partial charge in [-0.25, -0.2) is 0 Å². The van der Waals surface area contributed by atoms with Crippen LogP contribution in [0.2, 0.25) is 0 Å². The smallest absolute Gasteiger partial charge is 0.248 e. The molecule has 0 aliphatic carbocycles. The van der Waals surface area contributed by atoms with Gasteiger partial charge in [0.15, 0.2) is 0 Å². The predicted molar refractivity (Wildman–Crippen MR) is 82.1 cm³/mol. The molecule has 1 N–H and O–H groups in total. The van der Waals surface area contributed by atoms with Gasteiger partial charge in [-0.3, -0.25) is 4.79 Å². The second-order valence-corrected chi connectivity index (χ2v) is 6.24. The summed E-state index contributed by atoms with van der Waals surface area (Å²) in [7, 11) is 0. The van der Waals surface area contributed by atoms with E-state index in [9.17, 15) is 4.79 Å². The molecule has 2 saturated heterocycles. The molecule has 1 atom stereocenters. The third kappa shape index (κ3) is 3.44. The van der Waals surface area contributed by atoms with E-state index in [1.54, 1.807) is 0 Å². The zero-order chi connectivity index (χ0) is 14.7. The van der Waals surface area contributed by atoms with Crippen molar-refractivity contribution in [3.8, 4) is 0 Å². The number of benzene rings is 1. The lowest BCUT2D eigenvalue weighted by Gasteiger charge is -2.45. The average molecular weight is 288 g/mol. The molecule has 0 bridgehead atoms. The van der Waals surface area contributed by atoms with E-state index in [2.05, 4.69) is 40.5 Å². The van der Waals surface area contributed by atoms with Crippen LogP contribution in [0.1, 0.15) is 25.3 Å². The predicted octanol–water partition coefficient (Wildman–Crippen LogP) is 1.60. The van der Waals surface area contributed by atoms with Gasteiger partial charge in [-0.15, -0.1) is 0 Å². The van der Waals surface area contributed by atoms with Gasteiger partial charge in [0.25, 0.3) is 0 Å². The first-order chi connectivity index (χ1) is 10.2. The first kappa shape index (κ1) is 14.5. The van der Waals surface area contributed by atoms with Crippen molar-refractivity contribution >= 4 is 5.91 Å². The van der Waals surface area contributed by atoms with Crippen molar-refractivity contribution < 1.29 is 9.53 Å². The van der Waals surface area contributed by atoms with Crippen LogP contribution in [-0.4, -0.2) is 48.7 Å². The summed E-state index contributed by atoms with van der Waals surface area (Å²) in [5, 5.41) is 2.98. The molecule has 0 saturated carbocycles. The van der Waals surface area contributed by atoms with Crippen molar-refractivity contribution in [2.75, 3.05) is 26.2 Å². The summed E-state index contributed by atoms with van der Waals surface area (Å²) in [6, 6.07) is 10.6. The third-order valence-corrected chi connectivity index (χ3v) is 4.71. The van der Waals surface area contributed by atoms with Gasteiger partial charge in [-0.2, -0.15) is 0 Å². The number of rotatable bonds is 3. The van der Waals surface area contributed by atoms with Crippen LogP contribution < -0.4 is 5.32 Å². The number of nitrogens with one attached hydrogen (secondary N) is 1. The Morgan fingerprint density at radius 3 is 2.67 bits per heavy atom. The van der Waals surface area contributed by atoms with Crippen LogP contribution in [0, 0.1) is 0 Å². The average Bonchev–Trinajstić information content (AvgIpc) is 2.52. The van der Waals surface area contributed by atoms with E-state index in [0.717, 1.165) is 38.9 Å². The first-order valence-corrected chi connectivity index (χ1v) is 7.89. The molecule has 1 aromatic carbocycles. The summed E-state index contributed by atoms with van der Waals surface area (Å²) < 4.78 is 6.00. The van der Waals surface area contributed by atoms with Gasteiger partial charge in [-0.05, 0) is 31.7 Å². The van der Waals surface area contributed by atoms with E-state index in [1.807, 2.05) is 6.92 Å². The van der Waals surface area contributed by atoms with Crippen LogP contribution in [0.3, 0.4) is 0 Å². The highest BCUT2D eigenvalue weighted by Gasteiger charge is 2.41. The van der Waals surface area contributed by atoms with Crippen molar-refractivity contribution in [2.45, 2.75) is 37.9 Å². The Kier molecular flexibility index (Phi) is 4.27. The number of carbonyl (C=O) groups is 1. The highest BCUT2D eigenvalue weighted by molar-refractivity contribution is 5.81. The maximum absolute atomic E-state index is 11.5. The Hall–Kier alpha value is -1.39. The van der Waals surface area contributed by atoms with Gasteiger partial charge >= 0.3 is 0 Å². The number of hydrogen-bond acceptors (Lipinski definition) is 3. The lowest BCUT2D eigenvalue weighted by molar-refractivity contribution is -0.167. The van der Waals surface area contributed by atoms with E-state index in [4.69, 9.17) is 4.74 Å². The zero-order valence-electron chi connectivity index (χ0n) is 12.7. The largest absolute Gasteiger partial charge is 0.360 e. The van der Waals surface area contributed by atoms with Crippen LogP contribution in [0.15, 0.2) is 30.3 Å². The van der Waals surface area contributed by atoms with Gasteiger partial charge in [0.05, 0.1) is 5.60 Å². The number of amides is 1. The maximum Gasteiger partial charge on any atom is 0.248 e. The zero-order valence-corrected chi connectivity index (χ0v) is 12.7. The number of ether oxygens (including phenoxy) is 1. The molecule has 2 aliphatic heterocycles. The second-order valence-electron chi connectivity index (χ2n) is 6.24. The first-order valence-electron chi connectivity index (χ1n) is 7.89. The number of likely N-dealkylation sites (tertiary alicyclic amines) is 1. The molecule has 2 aliphatic rings. The Morgan fingerprint density at radius 1 is 1.29 bits per heavy atom. The summed E-state index contributed by atoms with van der Waals surface area (Å²) in [4.78, 5) is 14.0. The second kappa shape index (κ2) is 6.16. The maximum atomic E-state index is 11.5. The van der Waals surface area contributed by atoms with Crippen molar-refractivity contribution in [3.63, 3.8) is 0 Å². The topological polar surface area (TPSA) is 41.6 Å². The normalized spacial score (nSPS) is 25.8.